The maximum atomic E-state index is 5.06. The molecule has 1 N–H and O–H groups in total. The summed E-state index contributed by atoms with van der Waals surface area (Å²) in [5, 5.41) is 3.34. The summed E-state index contributed by atoms with van der Waals surface area (Å²) in [4.78, 5) is 10.6. The number of nitrogens with one attached hydrogen (secondary N) is 1. The van der Waals surface area contributed by atoms with Crippen molar-refractivity contribution in [3.63, 3.8) is 0 Å². The zero-order chi connectivity index (χ0) is 15.9. The second-order valence-corrected chi connectivity index (χ2v) is 5.08. The monoisotopic (exact) mass is 301 g/mol. The van der Waals surface area contributed by atoms with Crippen LogP contribution in [-0.2, 0) is 20.1 Å². The molecule has 2 aromatic rings. The molecule has 118 valence electrons. The molecule has 22 heavy (non-hydrogen) atoms. The molecule has 6 nitrogen and oxygen atoms in total. The van der Waals surface area contributed by atoms with Crippen molar-refractivity contribution in [2.24, 2.45) is 12.0 Å². The molecule has 0 aliphatic heterocycles. The molecule has 6 heteroatoms. The summed E-state index contributed by atoms with van der Waals surface area (Å²) in [6.45, 7) is 1.46. The van der Waals surface area contributed by atoms with Gasteiger partial charge in [0.1, 0.15) is 0 Å². The van der Waals surface area contributed by atoms with Gasteiger partial charge >= 0.3 is 0 Å². The van der Waals surface area contributed by atoms with E-state index >= 15 is 0 Å². The molecule has 0 amide bonds. The molecule has 2 rings (SSSR count). The van der Waals surface area contributed by atoms with E-state index in [-0.39, 0.29) is 0 Å². The molecule has 0 atom stereocenters. The minimum Gasteiger partial charge on any atom is -0.481 e. The van der Waals surface area contributed by atoms with Crippen LogP contribution in [0.15, 0.2) is 41.7 Å². The minimum absolute atomic E-state index is 0.619. The number of nitrogens with zero attached hydrogens (tertiary/aromatic N) is 4. The highest BCUT2D eigenvalue weighted by molar-refractivity contribution is 5.79. The molecule has 2 aromatic heterocycles. The fourth-order valence-electron chi connectivity index (χ4n) is 2.18. The fourth-order valence-corrected chi connectivity index (χ4v) is 2.18. The van der Waals surface area contributed by atoms with Gasteiger partial charge in [-0.1, -0.05) is 6.07 Å². The van der Waals surface area contributed by atoms with Gasteiger partial charge in [0.2, 0.25) is 5.88 Å². The number of guanidine groups is 1. The van der Waals surface area contributed by atoms with Crippen LogP contribution in [0, 0.1) is 0 Å². The lowest BCUT2D eigenvalue weighted by Gasteiger charge is -2.22. The van der Waals surface area contributed by atoms with Crippen molar-refractivity contribution in [2.45, 2.75) is 13.1 Å². The van der Waals surface area contributed by atoms with E-state index in [1.54, 1.807) is 20.4 Å². The molecule has 0 aliphatic rings. The van der Waals surface area contributed by atoms with Gasteiger partial charge < -0.3 is 19.5 Å². The van der Waals surface area contributed by atoms with Crippen LogP contribution in [0.4, 0.5) is 0 Å². The largest absolute Gasteiger partial charge is 0.481 e. The van der Waals surface area contributed by atoms with E-state index in [0.717, 1.165) is 18.1 Å². The predicted molar refractivity (Wildman–Crippen MR) is 87.9 cm³/mol. The Hall–Kier alpha value is -2.50. The van der Waals surface area contributed by atoms with E-state index in [1.165, 1.54) is 5.69 Å². The lowest BCUT2D eigenvalue weighted by Crippen LogP contribution is -2.38. The van der Waals surface area contributed by atoms with E-state index in [9.17, 15) is 0 Å². The first-order chi connectivity index (χ1) is 10.6. The predicted octanol–water partition coefficient (Wildman–Crippen LogP) is 1.64. The quantitative estimate of drug-likeness (QED) is 0.674. The third kappa shape index (κ3) is 4.00. The number of methoxy groups -OCH3 is 1. The number of aryl methyl sites for hydroxylation is 1. The van der Waals surface area contributed by atoms with E-state index < -0.39 is 0 Å². The van der Waals surface area contributed by atoms with Crippen LogP contribution in [0.25, 0.3) is 0 Å². The van der Waals surface area contributed by atoms with Crippen LogP contribution < -0.4 is 10.1 Å². The summed E-state index contributed by atoms with van der Waals surface area (Å²) >= 11 is 0. The Morgan fingerprint density at radius 2 is 2.23 bits per heavy atom. The van der Waals surface area contributed by atoms with E-state index in [4.69, 9.17) is 4.74 Å². The first-order valence-electron chi connectivity index (χ1n) is 7.15. The molecule has 0 bridgehead atoms. The molecule has 0 spiro atoms. The number of aromatic nitrogens is 2. The zero-order valence-electron chi connectivity index (χ0n) is 13.6. The first kappa shape index (κ1) is 15.9. The highest BCUT2D eigenvalue weighted by Gasteiger charge is 2.08. The smallest absolute Gasteiger partial charge is 0.212 e. The van der Waals surface area contributed by atoms with Gasteiger partial charge in [-0.25, -0.2) is 4.98 Å². The lowest BCUT2D eigenvalue weighted by molar-refractivity contribution is 0.397. The van der Waals surface area contributed by atoms with Gasteiger partial charge in [-0.05, 0) is 17.7 Å². The topological polar surface area (TPSA) is 54.7 Å². The average Bonchev–Trinajstić information content (AvgIpc) is 2.93. The minimum atomic E-state index is 0.619. The average molecular weight is 301 g/mol. The van der Waals surface area contributed by atoms with Crippen molar-refractivity contribution in [2.75, 3.05) is 21.2 Å². The third-order valence-corrected chi connectivity index (χ3v) is 3.48. The molecule has 0 radical (unpaired) electrons. The van der Waals surface area contributed by atoms with E-state index in [2.05, 4.69) is 30.8 Å². The first-order valence-corrected chi connectivity index (χ1v) is 7.15. The van der Waals surface area contributed by atoms with Crippen LogP contribution in [0.1, 0.15) is 11.3 Å². The van der Waals surface area contributed by atoms with Crippen molar-refractivity contribution in [1.29, 1.82) is 0 Å². The van der Waals surface area contributed by atoms with Gasteiger partial charge in [0.25, 0.3) is 0 Å². The number of rotatable bonds is 5. The number of ether oxygens (including phenoxy) is 1. The standard InChI is InChI=1S/C16H23N5O/c1-17-16(21(3)12-14-6-5-9-20(14)2)19-11-13-7-8-15(22-4)18-10-13/h5-10H,11-12H2,1-4H3,(H,17,19). The Labute approximate surface area is 131 Å². The second kappa shape index (κ2) is 7.49. The maximum Gasteiger partial charge on any atom is 0.212 e. The SMILES string of the molecule is CN=C(NCc1ccc(OC)nc1)N(C)Cc1cccn1C. The number of pyridine rings is 1. The maximum absolute atomic E-state index is 5.06. The van der Waals surface area contributed by atoms with Crippen LogP contribution in [0.2, 0.25) is 0 Å². The lowest BCUT2D eigenvalue weighted by atomic mass is 10.3. The molecular weight excluding hydrogens is 278 g/mol. The summed E-state index contributed by atoms with van der Waals surface area (Å²) in [5.74, 6) is 1.46. The number of hydrogen-bond acceptors (Lipinski definition) is 3. The Morgan fingerprint density at radius 1 is 1.41 bits per heavy atom. The molecule has 2 heterocycles. The molecule has 0 aliphatic carbocycles. The molecule has 0 saturated carbocycles. The van der Waals surface area contributed by atoms with Crippen molar-refractivity contribution < 1.29 is 4.74 Å². The molecule has 0 fully saturated rings. The van der Waals surface area contributed by atoms with E-state index in [1.807, 2.05) is 38.5 Å². The molecule has 0 saturated heterocycles. The normalized spacial score (nSPS) is 11.4. The van der Waals surface area contributed by atoms with E-state index in [0.29, 0.717) is 12.4 Å². The summed E-state index contributed by atoms with van der Waals surface area (Å²) in [7, 11) is 7.47. The number of hydrogen-bond donors (Lipinski definition) is 1. The Morgan fingerprint density at radius 3 is 2.77 bits per heavy atom. The van der Waals surface area contributed by atoms with Crippen LogP contribution in [0.5, 0.6) is 5.88 Å². The van der Waals surface area contributed by atoms with Crippen molar-refractivity contribution >= 4 is 5.96 Å². The van der Waals surface area contributed by atoms with Crippen LogP contribution in [0.3, 0.4) is 0 Å². The summed E-state index contributed by atoms with van der Waals surface area (Å²) in [5.41, 5.74) is 2.31. The van der Waals surface area contributed by atoms with Gasteiger partial charge in [-0.3, -0.25) is 4.99 Å². The van der Waals surface area contributed by atoms with Crippen molar-refractivity contribution in [1.82, 2.24) is 19.8 Å². The Balaban J connectivity index is 1.92. The highest BCUT2D eigenvalue weighted by Crippen LogP contribution is 2.07. The summed E-state index contributed by atoms with van der Waals surface area (Å²) in [6.07, 6.45) is 3.85. The second-order valence-electron chi connectivity index (χ2n) is 5.08. The van der Waals surface area contributed by atoms with Gasteiger partial charge in [0.15, 0.2) is 5.96 Å². The van der Waals surface area contributed by atoms with Gasteiger partial charge in [-0.15, -0.1) is 0 Å². The Kier molecular flexibility index (Phi) is 5.41. The van der Waals surface area contributed by atoms with Gasteiger partial charge in [0.05, 0.1) is 13.7 Å². The van der Waals surface area contributed by atoms with Crippen molar-refractivity contribution in [3.8, 4) is 5.88 Å². The molecule has 0 unspecified atom stereocenters. The number of aliphatic imine (C=N–C) groups is 1. The van der Waals surface area contributed by atoms with Crippen LogP contribution >= 0.6 is 0 Å². The molecule has 0 aromatic carbocycles. The van der Waals surface area contributed by atoms with Gasteiger partial charge in [-0.2, -0.15) is 0 Å². The Bertz CT molecular complexity index is 618. The van der Waals surface area contributed by atoms with Gasteiger partial charge in [0, 0.05) is 51.8 Å². The van der Waals surface area contributed by atoms with Crippen molar-refractivity contribution in [3.05, 3.63) is 47.9 Å². The third-order valence-electron chi connectivity index (χ3n) is 3.48. The summed E-state index contributed by atoms with van der Waals surface area (Å²) in [6, 6.07) is 8.00. The summed E-state index contributed by atoms with van der Waals surface area (Å²) < 4.78 is 7.17. The highest BCUT2D eigenvalue weighted by atomic mass is 16.5. The molecular formula is C16H23N5O. The van der Waals surface area contributed by atoms with Crippen LogP contribution in [-0.4, -0.2) is 41.6 Å². The zero-order valence-corrected chi connectivity index (χ0v) is 13.6. The fraction of sp³-hybridized carbons (Fsp3) is 0.375.